The number of aryl methyl sites for hydroxylation is 1. The van der Waals surface area contributed by atoms with Crippen LogP contribution in [0.15, 0.2) is 140 Å². The van der Waals surface area contributed by atoms with Gasteiger partial charge in [-0.1, -0.05) is 133 Å². The number of alkyl carbamates (subject to hydrolysis) is 1. The second kappa shape index (κ2) is 14.5. The molecule has 7 rings (SSSR count). The minimum absolute atomic E-state index is 0.0532. The number of ether oxygens (including phenoxy) is 3. The van der Waals surface area contributed by atoms with Gasteiger partial charge in [0, 0.05) is 12.3 Å². The van der Waals surface area contributed by atoms with Gasteiger partial charge in [-0.2, -0.15) is 0 Å². The second-order valence-corrected chi connectivity index (χ2v) is 12.4. The van der Waals surface area contributed by atoms with Crippen LogP contribution in [0.4, 0.5) is 4.79 Å². The lowest BCUT2D eigenvalue weighted by molar-refractivity contribution is -0.147. The summed E-state index contributed by atoms with van der Waals surface area (Å²) in [6.07, 6.45) is -0.417. The molecule has 0 aromatic heterocycles. The van der Waals surface area contributed by atoms with Crippen molar-refractivity contribution in [1.82, 2.24) is 5.32 Å². The van der Waals surface area contributed by atoms with Gasteiger partial charge in [0.2, 0.25) is 0 Å². The Balaban J connectivity index is 1.01. The maximum atomic E-state index is 13.5. The Bertz CT molecular complexity index is 2040. The first-order chi connectivity index (χ1) is 24.0. The van der Waals surface area contributed by atoms with Gasteiger partial charge in [0.1, 0.15) is 31.6 Å². The summed E-state index contributed by atoms with van der Waals surface area (Å²) in [7, 11) is 0. The van der Waals surface area contributed by atoms with Crippen LogP contribution in [-0.4, -0.2) is 24.7 Å². The first-order valence-electron chi connectivity index (χ1n) is 16.5. The first kappa shape index (κ1) is 31.7. The summed E-state index contributed by atoms with van der Waals surface area (Å²) in [6, 6.07) is 45.2. The van der Waals surface area contributed by atoms with E-state index in [1.54, 1.807) is 0 Å². The zero-order valence-electron chi connectivity index (χ0n) is 27.3. The number of hydrogen-bond acceptors (Lipinski definition) is 5. The molecular formula is C43H37NO5. The Kier molecular flexibility index (Phi) is 9.37. The molecule has 0 saturated carbocycles. The second-order valence-electron chi connectivity index (χ2n) is 12.4. The van der Waals surface area contributed by atoms with E-state index in [9.17, 15) is 9.59 Å². The van der Waals surface area contributed by atoms with Gasteiger partial charge in [0.15, 0.2) is 0 Å². The van der Waals surface area contributed by atoms with E-state index in [1.807, 2.05) is 103 Å². The number of nitrogens with one attached hydrogen (secondary N) is 1. The number of esters is 1. The standard InChI is InChI=1S/C43H37NO5/c1-29-14-16-30(17-15-29)26-47-35-22-19-31(20-23-35)27-48-42(45)41(25-32-18-21-33-8-2-3-9-34(33)24-32)44-43(46)49-28-40-38-12-6-4-10-36(38)37-11-5-7-13-39(37)40/h2-24,40-41H,25-28H2,1H3,(H,44,46)/t41-/m1/s1. The first-order valence-corrected chi connectivity index (χ1v) is 16.5. The molecule has 1 N–H and O–H groups in total. The van der Waals surface area contributed by atoms with Crippen molar-refractivity contribution in [1.29, 1.82) is 0 Å². The quantitative estimate of drug-likeness (QED) is 0.142. The smallest absolute Gasteiger partial charge is 0.407 e. The summed E-state index contributed by atoms with van der Waals surface area (Å²) < 4.78 is 17.5. The molecule has 0 heterocycles. The monoisotopic (exact) mass is 647 g/mol. The molecule has 1 aliphatic carbocycles. The molecule has 0 unspecified atom stereocenters. The van der Waals surface area contributed by atoms with Crippen LogP contribution < -0.4 is 10.1 Å². The number of benzene rings is 6. The molecule has 0 fully saturated rings. The predicted molar refractivity (Wildman–Crippen MR) is 191 cm³/mol. The number of carbonyl (C=O) groups excluding carboxylic acids is 2. The third-order valence-corrected chi connectivity index (χ3v) is 9.00. The largest absolute Gasteiger partial charge is 0.489 e. The number of fused-ring (bicyclic) bond motifs is 4. The topological polar surface area (TPSA) is 73.9 Å². The van der Waals surface area contributed by atoms with Crippen LogP contribution in [0.5, 0.6) is 5.75 Å². The van der Waals surface area contributed by atoms with Crippen LogP contribution in [0.2, 0.25) is 0 Å². The Labute approximate surface area is 286 Å². The Morgan fingerprint density at radius 2 is 1.22 bits per heavy atom. The maximum Gasteiger partial charge on any atom is 0.407 e. The average Bonchev–Trinajstić information content (AvgIpc) is 3.46. The van der Waals surface area contributed by atoms with Crippen LogP contribution in [-0.2, 0) is 33.9 Å². The van der Waals surface area contributed by atoms with Gasteiger partial charge in [-0.15, -0.1) is 0 Å². The Morgan fingerprint density at radius 3 is 1.94 bits per heavy atom. The lowest BCUT2D eigenvalue weighted by Gasteiger charge is -2.20. The van der Waals surface area contributed by atoms with E-state index in [4.69, 9.17) is 14.2 Å². The van der Waals surface area contributed by atoms with Crippen LogP contribution in [0.1, 0.15) is 39.3 Å². The molecule has 49 heavy (non-hydrogen) atoms. The molecule has 6 nitrogen and oxygen atoms in total. The summed E-state index contributed by atoms with van der Waals surface area (Å²) in [6.45, 7) is 2.72. The van der Waals surface area contributed by atoms with E-state index in [0.29, 0.717) is 6.61 Å². The molecule has 0 aliphatic heterocycles. The summed E-state index contributed by atoms with van der Waals surface area (Å²) >= 11 is 0. The van der Waals surface area contributed by atoms with Gasteiger partial charge in [-0.3, -0.25) is 0 Å². The van der Waals surface area contributed by atoms with Crippen LogP contribution >= 0.6 is 0 Å². The van der Waals surface area contributed by atoms with Gasteiger partial charge in [-0.25, -0.2) is 9.59 Å². The molecule has 0 bridgehead atoms. The Hall–Kier alpha value is -5.88. The van der Waals surface area contributed by atoms with Crippen LogP contribution in [0.3, 0.4) is 0 Å². The van der Waals surface area contributed by atoms with Crippen molar-refractivity contribution in [3.63, 3.8) is 0 Å². The summed E-state index contributed by atoms with van der Waals surface area (Å²) in [5.74, 6) is 0.0935. The SMILES string of the molecule is Cc1ccc(COc2ccc(COC(=O)[C@@H](Cc3ccc4ccccc4c3)NC(=O)OCC3c4ccccc4-c4ccccc43)cc2)cc1. The van der Waals surface area contributed by atoms with Gasteiger partial charge >= 0.3 is 12.1 Å². The highest BCUT2D eigenvalue weighted by atomic mass is 16.6. The Morgan fingerprint density at radius 1 is 0.633 bits per heavy atom. The van der Waals surface area contributed by atoms with Crippen molar-refractivity contribution in [2.24, 2.45) is 0 Å². The molecule has 0 spiro atoms. The molecule has 1 amide bonds. The highest BCUT2D eigenvalue weighted by Gasteiger charge is 2.30. The fourth-order valence-electron chi connectivity index (χ4n) is 6.37. The van der Waals surface area contributed by atoms with E-state index in [2.05, 4.69) is 48.6 Å². The van der Waals surface area contributed by atoms with Crippen molar-refractivity contribution in [3.8, 4) is 16.9 Å². The van der Waals surface area contributed by atoms with E-state index >= 15 is 0 Å². The van der Waals surface area contributed by atoms with Gasteiger partial charge < -0.3 is 19.5 Å². The predicted octanol–water partition coefficient (Wildman–Crippen LogP) is 8.92. The van der Waals surface area contributed by atoms with Crippen molar-refractivity contribution >= 4 is 22.8 Å². The zero-order valence-corrected chi connectivity index (χ0v) is 27.3. The van der Waals surface area contributed by atoms with E-state index < -0.39 is 18.1 Å². The number of rotatable bonds is 11. The number of hydrogen-bond donors (Lipinski definition) is 1. The van der Waals surface area contributed by atoms with Gasteiger partial charge in [0.25, 0.3) is 0 Å². The maximum absolute atomic E-state index is 13.5. The summed E-state index contributed by atoms with van der Waals surface area (Å²) in [5, 5.41) is 4.96. The van der Waals surface area contributed by atoms with E-state index in [0.717, 1.165) is 55.5 Å². The average molecular weight is 648 g/mol. The molecule has 6 heteroatoms. The molecular weight excluding hydrogens is 610 g/mol. The molecule has 244 valence electrons. The van der Waals surface area contributed by atoms with Crippen molar-refractivity contribution in [2.45, 2.75) is 38.5 Å². The third-order valence-electron chi connectivity index (χ3n) is 9.00. The van der Waals surface area contributed by atoms with Crippen LogP contribution in [0, 0.1) is 6.92 Å². The fraction of sp³-hybridized carbons (Fsp3) is 0.163. The zero-order chi connectivity index (χ0) is 33.6. The minimum Gasteiger partial charge on any atom is -0.489 e. The molecule has 6 aromatic rings. The third kappa shape index (κ3) is 7.49. The normalized spacial score (nSPS) is 12.5. The van der Waals surface area contributed by atoms with Crippen molar-refractivity contribution in [3.05, 3.63) is 173 Å². The lowest BCUT2D eigenvalue weighted by atomic mass is 9.98. The fourth-order valence-corrected chi connectivity index (χ4v) is 6.37. The highest BCUT2D eigenvalue weighted by molar-refractivity contribution is 5.85. The van der Waals surface area contributed by atoms with Crippen LogP contribution in [0.25, 0.3) is 21.9 Å². The molecule has 1 aliphatic rings. The summed E-state index contributed by atoms with van der Waals surface area (Å²) in [5.41, 5.74) is 8.54. The molecule has 1 atom stereocenters. The van der Waals surface area contributed by atoms with E-state index in [1.165, 1.54) is 5.56 Å². The number of carbonyl (C=O) groups is 2. The molecule has 0 radical (unpaired) electrons. The molecule has 6 aromatic carbocycles. The van der Waals surface area contributed by atoms with Gasteiger partial charge in [0.05, 0.1) is 0 Å². The van der Waals surface area contributed by atoms with Gasteiger partial charge in [-0.05, 0) is 68.8 Å². The summed E-state index contributed by atoms with van der Waals surface area (Å²) in [4.78, 5) is 26.8. The van der Waals surface area contributed by atoms with E-state index in [-0.39, 0.29) is 25.6 Å². The lowest BCUT2D eigenvalue weighted by Crippen LogP contribution is -2.43. The van der Waals surface area contributed by atoms with Crippen molar-refractivity contribution in [2.75, 3.05) is 6.61 Å². The van der Waals surface area contributed by atoms with Crippen molar-refractivity contribution < 1.29 is 23.8 Å². The highest BCUT2D eigenvalue weighted by Crippen LogP contribution is 2.44. The number of amides is 1. The minimum atomic E-state index is -0.950. The molecule has 0 saturated heterocycles.